The fourth-order valence-corrected chi connectivity index (χ4v) is 3.95. The van der Waals surface area contributed by atoms with Crippen molar-refractivity contribution in [3.8, 4) is 11.4 Å². The summed E-state index contributed by atoms with van der Waals surface area (Å²) in [7, 11) is 0. The summed E-state index contributed by atoms with van der Waals surface area (Å²) in [6, 6.07) is 11.1. The van der Waals surface area contributed by atoms with Gasteiger partial charge in [-0.25, -0.2) is 4.79 Å². The van der Waals surface area contributed by atoms with Crippen molar-refractivity contribution < 1.29 is 15.0 Å². The second-order valence-electron chi connectivity index (χ2n) is 9.66. The predicted octanol–water partition coefficient (Wildman–Crippen LogP) is 6.64. The lowest BCUT2D eigenvalue weighted by Gasteiger charge is -2.22. The molecule has 0 unspecified atom stereocenters. The number of aromatic nitrogens is 3. The molecule has 0 saturated carbocycles. The molecule has 33 heavy (non-hydrogen) atoms. The van der Waals surface area contributed by atoms with Gasteiger partial charge in [-0.1, -0.05) is 71.9 Å². The molecule has 0 bridgehead atoms. The lowest BCUT2D eigenvalue weighted by Crippen LogP contribution is -2.13. The molecule has 0 aliphatic rings. The van der Waals surface area contributed by atoms with E-state index in [4.69, 9.17) is 0 Å². The topological polar surface area (TPSA) is 88.2 Å². The number of carboxylic acid groups (broad SMARTS) is 1. The van der Waals surface area contributed by atoms with Gasteiger partial charge in [-0.2, -0.15) is 0 Å². The molecule has 6 nitrogen and oxygen atoms in total. The van der Waals surface area contributed by atoms with Crippen molar-refractivity contribution in [2.24, 2.45) is 0 Å². The van der Waals surface area contributed by atoms with E-state index in [1.165, 1.54) is 24.1 Å². The predicted molar refractivity (Wildman–Crippen MR) is 133 cm³/mol. The summed E-state index contributed by atoms with van der Waals surface area (Å²) in [4.78, 5) is 13.4. The number of hydrogen-bond acceptors (Lipinski definition) is 4. The van der Waals surface area contributed by atoms with Crippen molar-refractivity contribution >= 4 is 23.1 Å². The summed E-state index contributed by atoms with van der Waals surface area (Å²) >= 11 is 0. The normalized spacial score (nSPS) is 12.4. The van der Waals surface area contributed by atoms with Crippen molar-refractivity contribution in [3.05, 3.63) is 53.1 Å². The first-order chi connectivity index (χ1) is 15.7. The molecule has 0 radical (unpaired) electrons. The standard InChI is InChI=1S/C27H35N3O3/c1-5-6-7-8-9-10-13-20(26(32)33)16-19-17-21(27(2,3)4)25(31)24(18-19)30-28-22-14-11-12-15-23(22)29-30/h11-12,14-18,31H,5-10,13H2,1-4H3,(H,32,33). The minimum absolute atomic E-state index is 0.104. The Kier molecular flexibility index (Phi) is 7.90. The van der Waals surface area contributed by atoms with Crippen LogP contribution in [0.2, 0.25) is 0 Å². The van der Waals surface area contributed by atoms with Gasteiger partial charge in [0.1, 0.15) is 22.5 Å². The number of nitrogens with zero attached hydrogens (tertiary/aromatic N) is 3. The van der Waals surface area contributed by atoms with Gasteiger partial charge in [0.2, 0.25) is 0 Å². The molecule has 1 aromatic heterocycles. The summed E-state index contributed by atoms with van der Waals surface area (Å²) in [5.41, 5.74) is 3.36. The minimum Gasteiger partial charge on any atom is -0.505 e. The van der Waals surface area contributed by atoms with Gasteiger partial charge in [0.25, 0.3) is 0 Å². The summed E-state index contributed by atoms with van der Waals surface area (Å²) in [6.45, 7) is 8.23. The van der Waals surface area contributed by atoms with Crippen LogP contribution in [-0.4, -0.2) is 31.2 Å². The Labute approximate surface area is 196 Å². The number of aliphatic carboxylic acids is 1. The van der Waals surface area contributed by atoms with Crippen molar-refractivity contribution in [1.82, 2.24) is 15.0 Å². The molecule has 3 rings (SSSR count). The number of carboxylic acids is 1. The maximum absolute atomic E-state index is 11.9. The van der Waals surface area contributed by atoms with Crippen LogP contribution in [0.1, 0.15) is 83.8 Å². The molecule has 0 saturated heterocycles. The molecule has 0 fully saturated rings. The third-order valence-electron chi connectivity index (χ3n) is 5.84. The number of benzene rings is 2. The van der Waals surface area contributed by atoms with E-state index < -0.39 is 5.97 Å². The quantitative estimate of drug-likeness (QED) is 0.267. The summed E-state index contributed by atoms with van der Waals surface area (Å²) in [6.07, 6.45) is 8.88. The van der Waals surface area contributed by atoms with Gasteiger partial charge < -0.3 is 10.2 Å². The van der Waals surface area contributed by atoms with Gasteiger partial charge >= 0.3 is 5.97 Å². The third-order valence-corrected chi connectivity index (χ3v) is 5.84. The van der Waals surface area contributed by atoms with E-state index in [0.717, 1.165) is 41.4 Å². The average molecular weight is 450 g/mol. The second kappa shape index (κ2) is 10.6. The van der Waals surface area contributed by atoms with Crippen LogP contribution in [0.15, 0.2) is 42.0 Å². The SMILES string of the molecule is CCCCCCCCC(=Cc1cc(-n2nc3ccccc3n2)c(O)c(C(C)(C)C)c1)C(=O)O. The Morgan fingerprint density at radius 2 is 1.61 bits per heavy atom. The van der Waals surface area contributed by atoms with Crippen LogP contribution in [0.4, 0.5) is 0 Å². The zero-order valence-electron chi connectivity index (χ0n) is 20.1. The lowest BCUT2D eigenvalue weighted by atomic mass is 9.84. The van der Waals surface area contributed by atoms with Crippen molar-refractivity contribution in [2.45, 2.75) is 78.1 Å². The van der Waals surface area contributed by atoms with Gasteiger partial charge in [0.05, 0.1) is 0 Å². The van der Waals surface area contributed by atoms with E-state index in [1.807, 2.05) is 51.1 Å². The largest absolute Gasteiger partial charge is 0.505 e. The van der Waals surface area contributed by atoms with E-state index in [2.05, 4.69) is 17.1 Å². The Morgan fingerprint density at radius 1 is 1.00 bits per heavy atom. The van der Waals surface area contributed by atoms with Crippen LogP contribution in [0.5, 0.6) is 5.75 Å². The monoisotopic (exact) mass is 449 g/mol. The van der Waals surface area contributed by atoms with Crippen LogP contribution in [0, 0.1) is 0 Å². The van der Waals surface area contributed by atoms with E-state index >= 15 is 0 Å². The highest BCUT2D eigenvalue weighted by Gasteiger charge is 2.23. The fraction of sp³-hybridized carbons (Fsp3) is 0.444. The van der Waals surface area contributed by atoms with Crippen LogP contribution in [0.3, 0.4) is 0 Å². The number of carbonyl (C=O) groups is 1. The van der Waals surface area contributed by atoms with Crippen LogP contribution in [-0.2, 0) is 10.2 Å². The molecule has 176 valence electrons. The Morgan fingerprint density at radius 3 is 2.18 bits per heavy atom. The first-order valence-electron chi connectivity index (χ1n) is 11.8. The number of hydrogen-bond donors (Lipinski definition) is 2. The van der Waals surface area contributed by atoms with E-state index in [0.29, 0.717) is 17.7 Å². The summed E-state index contributed by atoms with van der Waals surface area (Å²) in [5.74, 6) is -0.800. The minimum atomic E-state index is -0.904. The van der Waals surface area contributed by atoms with Crippen LogP contribution >= 0.6 is 0 Å². The lowest BCUT2D eigenvalue weighted by molar-refractivity contribution is -0.132. The number of aromatic hydroxyl groups is 1. The second-order valence-corrected chi connectivity index (χ2v) is 9.66. The molecule has 2 aromatic carbocycles. The van der Waals surface area contributed by atoms with E-state index in [9.17, 15) is 15.0 Å². The average Bonchev–Trinajstić information content (AvgIpc) is 3.19. The van der Waals surface area contributed by atoms with Gasteiger partial charge in [-0.3, -0.25) is 0 Å². The molecule has 0 aliphatic carbocycles. The van der Waals surface area contributed by atoms with Crippen LogP contribution in [0.25, 0.3) is 22.8 Å². The highest BCUT2D eigenvalue weighted by atomic mass is 16.4. The molecule has 0 aliphatic heterocycles. The van der Waals surface area contributed by atoms with Gasteiger partial charge in [-0.15, -0.1) is 15.0 Å². The number of rotatable bonds is 10. The Bertz CT molecular complexity index is 1110. The zero-order chi connectivity index (χ0) is 24.0. The van der Waals surface area contributed by atoms with Gasteiger partial charge in [0, 0.05) is 11.1 Å². The Balaban J connectivity index is 1.98. The fourth-order valence-electron chi connectivity index (χ4n) is 3.95. The number of phenols is 1. The van der Waals surface area contributed by atoms with E-state index in [-0.39, 0.29) is 11.2 Å². The molecule has 2 N–H and O–H groups in total. The smallest absolute Gasteiger partial charge is 0.331 e. The zero-order valence-corrected chi connectivity index (χ0v) is 20.1. The molecule has 0 spiro atoms. The first-order valence-corrected chi connectivity index (χ1v) is 11.8. The molecular weight excluding hydrogens is 414 g/mol. The highest BCUT2D eigenvalue weighted by molar-refractivity contribution is 5.92. The third kappa shape index (κ3) is 6.21. The maximum atomic E-state index is 11.9. The summed E-state index contributed by atoms with van der Waals surface area (Å²) < 4.78 is 0. The number of fused-ring (bicyclic) bond motifs is 1. The van der Waals surface area contributed by atoms with Crippen LogP contribution < -0.4 is 0 Å². The summed E-state index contributed by atoms with van der Waals surface area (Å²) in [5, 5.41) is 29.9. The van der Waals surface area contributed by atoms with Crippen molar-refractivity contribution in [2.75, 3.05) is 0 Å². The molecule has 3 aromatic rings. The first kappa shape index (κ1) is 24.5. The van der Waals surface area contributed by atoms with Gasteiger partial charge in [0.15, 0.2) is 0 Å². The maximum Gasteiger partial charge on any atom is 0.331 e. The van der Waals surface area contributed by atoms with Gasteiger partial charge in [-0.05, 0) is 54.2 Å². The molecule has 0 amide bonds. The molecular formula is C27H35N3O3. The van der Waals surface area contributed by atoms with Crippen molar-refractivity contribution in [1.29, 1.82) is 0 Å². The number of phenolic OH excluding ortho intramolecular Hbond substituents is 1. The number of unbranched alkanes of at least 4 members (excludes halogenated alkanes) is 5. The van der Waals surface area contributed by atoms with E-state index in [1.54, 1.807) is 12.1 Å². The molecule has 6 heteroatoms. The highest BCUT2D eigenvalue weighted by Crippen LogP contribution is 2.37. The van der Waals surface area contributed by atoms with Crippen molar-refractivity contribution in [3.63, 3.8) is 0 Å². The molecule has 1 heterocycles. The molecule has 0 atom stereocenters. The Hall–Kier alpha value is -3.15.